The fourth-order valence-corrected chi connectivity index (χ4v) is 1.74. The number of carbonyl (C=O) groups is 1. The standard InChI is InChI=1S/C14H19F3N2O/c1-2-3-6-9-18-10-13(20)19-12-8-5-4-7-11(12)14(15,16)17/h4-5,7-8,18H,2-3,6,9-10H2,1H3,(H,19,20). The fraction of sp³-hybridized carbons (Fsp3) is 0.500. The molecule has 0 saturated carbocycles. The number of amides is 1. The van der Waals surface area contributed by atoms with E-state index in [1.807, 2.05) is 0 Å². The lowest BCUT2D eigenvalue weighted by Crippen LogP contribution is -2.29. The monoisotopic (exact) mass is 288 g/mol. The van der Waals surface area contributed by atoms with Gasteiger partial charge in [0.05, 0.1) is 17.8 Å². The van der Waals surface area contributed by atoms with E-state index in [0.717, 1.165) is 25.3 Å². The Hall–Kier alpha value is -1.56. The highest BCUT2D eigenvalue weighted by Crippen LogP contribution is 2.34. The fourth-order valence-electron chi connectivity index (χ4n) is 1.74. The van der Waals surface area contributed by atoms with Crippen LogP contribution in [-0.4, -0.2) is 19.0 Å². The SMILES string of the molecule is CCCCCNCC(=O)Nc1ccccc1C(F)(F)F. The highest BCUT2D eigenvalue weighted by atomic mass is 19.4. The zero-order chi connectivity index (χ0) is 15.0. The van der Waals surface area contributed by atoms with Crippen LogP contribution in [0.2, 0.25) is 0 Å². The highest BCUT2D eigenvalue weighted by molar-refractivity contribution is 5.93. The van der Waals surface area contributed by atoms with Crippen molar-refractivity contribution < 1.29 is 18.0 Å². The first-order valence-electron chi connectivity index (χ1n) is 6.62. The van der Waals surface area contributed by atoms with Crippen LogP contribution in [0.15, 0.2) is 24.3 Å². The van der Waals surface area contributed by atoms with Crippen molar-refractivity contribution in [1.29, 1.82) is 0 Å². The van der Waals surface area contributed by atoms with Gasteiger partial charge >= 0.3 is 6.18 Å². The Bertz CT molecular complexity index is 433. The third-order valence-electron chi connectivity index (χ3n) is 2.75. The predicted molar refractivity (Wildman–Crippen MR) is 72.5 cm³/mol. The average Bonchev–Trinajstić information content (AvgIpc) is 2.38. The molecule has 0 fully saturated rings. The van der Waals surface area contributed by atoms with Gasteiger partial charge in [-0.25, -0.2) is 0 Å². The summed E-state index contributed by atoms with van der Waals surface area (Å²) in [6.45, 7) is 2.76. The summed E-state index contributed by atoms with van der Waals surface area (Å²) in [5.41, 5.74) is -1.04. The van der Waals surface area contributed by atoms with Gasteiger partial charge in [-0.1, -0.05) is 31.9 Å². The molecule has 1 aromatic carbocycles. The topological polar surface area (TPSA) is 41.1 Å². The van der Waals surface area contributed by atoms with Crippen molar-refractivity contribution in [2.45, 2.75) is 32.4 Å². The van der Waals surface area contributed by atoms with Crippen LogP contribution in [0.5, 0.6) is 0 Å². The van der Waals surface area contributed by atoms with E-state index in [9.17, 15) is 18.0 Å². The van der Waals surface area contributed by atoms with Crippen LogP contribution >= 0.6 is 0 Å². The Kier molecular flexibility index (Phi) is 6.51. The maximum absolute atomic E-state index is 12.7. The Morgan fingerprint density at radius 1 is 1.20 bits per heavy atom. The maximum atomic E-state index is 12.7. The number of para-hydroxylation sites is 1. The van der Waals surface area contributed by atoms with Crippen LogP contribution in [0.1, 0.15) is 31.7 Å². The summed E-state index contributed by atoms with van der Waals surface area (Å²) < 4.78 is 38.2. The molecule has 0 spiro atoms. The molecule has 1 aromatic rings. The van der Waals surface area contributed by atoms with Gasteiger partial charge < -0.3 is 10.6 Å². The van der Waals surface area contributed by atoms with Crippen molar-refractivity contribution in [2.24, 2.45) is 0 Å². The number of hydrogen-bond acceptors (Lipinski definition) is 2. The van der Waals surface area contributed by atoms with Gasteiger partial charge in [-0.2, -0.15) is 13.2 Å². The summed E-state index contributed by atoms with van der Waals surface area (Å²) >= 11 is 0. The van der Waals surface area contributed by atoms with E-state index < -0.39 is 17.6 Å². The Balaban J connectivity index is 2.50. The summed E-state index contributed by atoms with van der Waals surface area (Å²) in [7, 11) is 0. The Morgan fingerprint density at radius 3 is 2.55 bits per heavy atom. The van der Waals surface area contributed by atoms with Crippen molar-refractivity contribution in [3.05, 3.63) is 29.8 Å². The quantitative estimate of drug-likeness (QED) is 0.755. The van der Waals surface area contributed by atoms with Gasteiger partial charge in [0, 0.05) is 0 Å². The molecule has 0 unspecified atom stereocenters. The molecular weight excluding hydrogens is 269 g/mol. The van der Waals surface area contributed by atoms with Gasteiger partial charge in [-0.05, 0) is 25.1 Å². The molecule has 1 amide bonds. The molecule has 1 rings (SSSR count). The third kappa shape index (κ3) is 5.61. The normalized spacial score (nSPS) is 11.4. The number of unbranched alkanes of at least 4 members (excludes halogenated alkanes) is 2. The Morgan fingerprint density at radius 2 is 1.90 bits per heavy atom. The van der Waals surface area contributed by atoms with Gasteiger partial charge in [0.25, 0.3) is 0 Å². The largest absolute Gasteiger partial charge is 0.418 e. The second-order valence-electron chi connectivity index (χ2n) is 4.48. The minimum atomic E-state index is -4.47. The molecule has 2 N–H and O–H groups in total. The van der Waals surface area contributed by atoms with Crippen LogP contribution in [0.4, 0.5) is 18.9 Å². The molecular formula is C14H19F3N2O. The van der Waals surface area contributed by atoms with Gasteiger partial charge in [0.15, 0.2) is 0 Å². The van der Waals surface area contributed by atoms with E-state index in [4.69, 9.17) is 0 Å². The lowest BCUT2D eigenvalue weighted by atomic mass is 10.1. The summed E-state index contributed by atoms with van der Waals surface area (Å²) in [6.07, 6.45) is -1.39. The predicted octanol–water partition coefficient (Wildman–Crippen LogP) is 3.42. The molecule has 112 valence electrons. The van der Waals surface area contributed by atoms with Gasteiger partial charge in [0.1, 0.15) is 0 Å². The third-order valence-corrected chi connectivity index (χ3v) is 2.75. The molecule has 0 atom stereocenters. The molecule has 0 radical (unpaired) electrons. The van der Waals surface area contributed by atoms with Crippen molar-refractivity contribution >= 4 is 11.6 Å². The molecule has 3 nitrogen and oxygen atoms in total. The van der Waals surface area contributed by atoms with Gasteiger partial charge in [-0.3, -0.25) is 4.79 Å². The molecule has 6 heteroatoms. The smallest absolute Gasteiger partial charge is 0.324 e. The molecule has 0 aliphatic heterocycles. The number of rotatable bonds is 7. The van der Waals surface area contributed by atoms with E-state index in [1.54, 1.807) is 0 Å². The molecule has 0 aromatic heterocycles. The molecule has 0 saturated heterocycles. The minimum Gasteiger partial charge on any atom is -0.324 e. The molecule has 0 bridgehead atoms. The van der Waals surface area contributed by atoms with Crippen LogP contribution < -0.4 is 10.6 Å². The first-order chi connectivity index (χ1) is 9.45. The van der Waals surface area contributed by atoms with E-state index in [-0.39, 0.29) is 12.2 Å². The summed E-state index contributed by atoms with van der Waals surface area (Å²) in [5, 5.41) is 5.19. The molecule has 20 heavy (non-hydrogen) atoms. The van der Waals surface area contributed by atoms with Gasteiger partial charge in [-0.15, -0.1) is 0 Å². The Labute approximate surface area is 116 Å². The first-order valence-corrected chi connectivity index (χ1v) is 6.62. The van der Waals surface area contributed by atoms with Crippen LogP contribution in [0.25, 0.3) is 0 Å². The average molecular weight is 288 g/mol. The maximum Gasteiger partial charge on any atom is 0.418 e. The summed E-state index contributed by atoms with van der Waals surface area (Å²) in [5.74, 6) is -0.474. The van der Waals surface area contributed by atoms with E-state index in [1.165, 1.54) is 18.2 Å². The number of benzene rings is 1. The first kappa shape index (κ1) is 16.5. The van der Waals surface area contributed by atoms with Crippen molar-refractivity contribution in [1.82, 2.24) is 5.32 Å². The van der Waals surface area contributed by atoms with E-state index in [0.29, 0.717) is 6.54 Å². The lowest BCUT2D eigenvalue weighted by molar-refractivity contribution is -0.137. The van der Waals surface area contributed by atoms with Crippen molar-refractivity contribution in [3.8, 4) is 0 Å². The second-order valence-corrected chi connectivity index (χ2v) is 4.48. The number of nitrogens with one attached hydrogen (secondary N) is 2. The summed E-state index contributed by atoms with van der Waals surface area (Å²) in [4.78, 5) is 11.6. The number of halogens is 3. The lowest BCUT2D eigenvalue weighted by Gasteiger charge is -2.13. The summed E-state index contributed by atoms with van der Waals surface area (Å²) in [6, 6.07) is 4.95. The van der Waals surface area contributed by atoms with Crippen molar-refractivity contribution in [3.63, 3.8) is 0 Å². The highest BCUT2D eigenvalue weighted by Gasteiger charge is 2.33. The molecule has 0 aliphatic rings. The zero-order valence-electron chi connectivity index (χ0n) is 11.4. The van der Waals surface area contributed by atoms with Crippen LogP contribution in [0.3, 0.4) is 0 Å². The number of carbonyl (C=O) groups excluding carboxylic acids is 1. The molecule has 0 heterocycles. The zero-order valence-corrected chi connectivity index (χ0v) is 11.4. The number of anilines is 1. The van der Waals surface area contributed by atoms with Gasteiger partial charge in [0.2, 0.25) is 5.91 Å². The van der Waals surface area contributed by atoms with Crippen LogP contribution in [-0.2, 0) is 11.0 Å². The van der Waals surface area contributed by atoms with Crippen molar-refractivity contribution in [2.75, 3.05) is 18.4 Å². The number of hydrogen-bond donors (Lipinski definition) is 2. The van der Waals surface area contributed by atoms with Crippen LogP contribution in [0, 0.1) is 0 Å². The van der Waals surface area contributed by atoms with E-state index >= 15 is 0 Å². The number of alkyl halides is 3. The van der Waals surface area contributed by atoms with E-state index in [2.05, 4.69) is 17.6 Å². The second kappa shape index (κ2) is 7.89. The molecule has 0 aliphatic carbocycles. The minimum absolute atomic E-state index is 0.00983.